The highest BCUT2D eigenvalue weighted by atomic mass is 35.5. The molecule has 1 aromatic rings. The highest BCUT2D eigenvalue weighted by molar-refractivity contribution is 6.30. The topological polar surface area (TPSA) is 61.6 Å². The van der Waals surface area contributed by atoms with Crippen molar-refractivity contribution in [2.75, 3.05) is 39.3 Å². The minimum atomic E-state index is 0.145. The molecule has 2 fully saturated rings. The Hall–Kier alpha value is -1.11. The molecular weight excluding hydrogens is 328 g/mol. The molecule has 134 valence electrons. The van der Waals surface area contributed by atoms with Crippen LogP contribution in [0.15, 0.2) is 12.4 Å². The summed E-state index contributed by atoms with van der Waals surface area (Å²) in [5.41, 5.74) is 0. The number of aliphatic hydroxyl groups excluding tert-OH is 1. The molecule has 0 aliphatic carbocycles. The summed E-state index contributed by atoms with van der Waals surface area (Å²) in [5.74, 6) is 0.817. The van der Waals surface area contributed by atoms with Crippen molar-refractivity contribution in [1.29, 1.82) is 0 Å². The van der Waals surface area contributed by atoms with Crippen LogP contribution in [0.4, 0.5) is 0 Å². The number of carbonyl (C=O) groups is 1. The van der Waals surface area contributed by atoms with E-state index in [1.807, 2.05) is 4.90 Å². The van der Waals surface area contributed by atoms with E-state index in [9.17, 15) is 9.90 Å². The van der Waals surface area contributed by atoms with Crippen LogP contribution >= 0.6 is 11.6 Å². The van der Waals surface area contributed by atoms with Gasteiger partial charge < -0.3 is 14.9 Å². The zero-order valence-corrected chi connectivity index (χ0v) is 14.9. The molecule has 24 heavy (non-hydrogen) atoms. The second-order valence-electron chi connectivity index (χ2n) is 7.13. The number of likely N-dealkylation sites (tertiary alicyclic amines) is 2. The largest absolute Gasteiger partial charge is 0.396 e. The first kappa shape index (κ1) is 17.7. The van der Waals surface area contributed by atoms with Gasteiger partial charge >= 0.3 is 0 Å². The molecule has 2 atom stereocenters. The van der Waals surface area contributed by atoms with Crippen molar-refractivity contribution in [3.8, 4) is 0 Å². The van der Waals surface area contributed by atoms with E-state index in [1.54, 1.807) is 17.1 Å². The Balaban J connectivity index is 1.52. The quantitative estimate of drug-likeness (QED) is 0.840. The number of carbonyl (C=O) groups excluding carboxylic acids is 1. The molecule has 0 saturated carbocycles. The molecule has 0 radical (unpaired) electrons. The zero-order chi connectivity index (χ0) is 16.9. The molecule has 0 spiro atoms. The lowest BCUT2D eigenvalue weighted by Gasteiger charge is -2.38. The first-order chi connectivity index (χ1) is 11.6. The van der Waals surface area contributed by atoms with E-state index in [2.05, 4.69) is 10.00 Å². The van der Waals surface area contributed by atoms with E-state index in [4.69, 9.17) is 11.6 Å². The first-order valence-electron chi connectivity index (χ1n) is 8.93. The summed E-state index contributed by atoms with van der Waals surface area (Å²) in [6, 6.07) is 0. The lowest BCUT2D eigenvalue weighted by Crippen LogP contribution is -2.47. The maximum atomic E-state index is 12.6. The normalized spacial score (nSPS) is 25.3. The van der Waals surface area contributed by atoms with Crippen LogP contribution in [0.2, 0.25) is 5.02 Å². The highest BCUT2D eigenvalue weighted by Crippen LogP contribution is 2.24. The van der Waals surface area contributed by atoms with Crippen LogP contribution < -0.4 is 0 Å². The number of nitrogens with zero attached hydrogens (tertiary/aromatic N) is 4. The fourth-order valence-corrected chi connectivity index (χ4v) is 4.10. The van der Waals surface area contributed by atoms with Gasteiger partial charge in [0.2, 0.25) is 5.91 Å². The van der Waals surface area contributed by atoms with Crippen molar-refractivity contribution < 1.29 is 9.90 Å². The summed E-state index contributed by atoms with van der Waals surface area (Å²) >= 11 is 5.85. The van der Waals surface area contributed by atoms with E-state index in [0.29, 0.717) is 30.5 Å². The Labute approximate surface area is 148 Å². The molecule has 2 aliphatic rings. The third-order valence-electron chi connectivity index (χ3n) is 5.11. The van der Waals surface area contributed by atoms with Gasteiger partial charge in [-0.05, 0) is 44.2 Å². The van der Waals surface area contributed by atoms with Crippen molar-refractivity contribution >= 4 is 17.5 Å². The van der Waals surface area contributed by atoms with E-state index in [0.717, 1.165) is 19.5 Å². The highest BCUT2D eigenvalue weighted by Gasteiger charge is 2.31. The number of amides is 1. The van der Waals surface area contributed by atoms with Gasteiger partial charge in [-0.15, -0.1) is 0 Å². The fourth-order valence-electron chi connectivity index (χ4n) is 3.95. The third-order valence-corrected chi connectivity index (χ3v) is 5.30. The van der Waals surface area contributed by atoms with Gasteiger partial charge in [0, 0.05) is 45.4 Å². The Morgan fingerprint density at radius 1 is 1.29 bits per heavy atom. The van der Waals surface area contributed by atoms with Crippen molar-refractivity contribution in [3.63, 3.8) is 0 Å². The molecule has 0 unspecified atom stereocenters. The van der Waals surface area contributed by atoms with Gasteiger partial charge in [-0.3, -0.25) is 9.48 Å². The van der Waals surface area contributed by atoms with Crippen LogP contribution in [0.25, 0.3) is 0 Å². The van der Waals surface area contributed by atoms with Crippen LogP contribution in [-0.2, 0) is 11.3 Å². The maximum absolute atomic E-state index is 12.6. The van der Waals surface area contributed by atoms with E-state index in [1.165, 1.54) is 25.9 Å². The maximum Gasteiger partial charge on any atom is 0.224 e. The number of hydrogen-bond acceptors (Lipinski definition) is 4. The molecule has 0 bridgehead atoms. The Bertz CT molecular complexity index is 544. The number of halogens is 1. The smallest absolute Gasteiger partial charge is 0.224 e. The van der Waals surface area contributed by atoms with E-state index < -0.39 is 0 Å². The Morgan fingerprint density at radius 3 is 2.71 bits per heavy atom. The van der Waals surface area contributed by atoms with E-state index in [-0.39, 0.29) is 18.4 Å². The summed E-state index contributed by atoms with van der Waals surface area (Å²) in [6.07, 6.45) is 7.33. The molecule has 1 amide bonds. The molecule has 3 rings (SSSR count). The average Bonchev–Trinajstić information content (AvgIpc) is 3.24. The SMILES string of the molecule is O=C(CCn1cc(Cl)cn1)N1C[C@H](CO)C[C@H](CN2CCCC2)C1. The van der Waals surface area contributed by atoms with Crippen molar-refractivity contribution in [2.24, 2.45) is 11.8 Å². The van der Waals surface area contributed by atoms with Gasteiger partial charge in [0.15, 0.2) is 0 Å². The van der Waals surface area contributed by atoms with Gasteiger partial charge in [-0.25, -0.2) is 0 Å². The van der Waals surface area contributed by atoms with Gasteiger partial charge in [0.25, 0.3) is 0 Å². The predicted octanol–water partition coefficient (Wildman–Crippen LogP) is 1.48. The Morgan fingerprint density at radius 2 is 2.04 bits per heavy atom. The van der Waals surface area contributed by atoms with Crippen molar-refractivity contribution in [2.45, 2.75) is 32.2 Å². The molecule has 6 nitrogen and oxygen atoms in total. The van der Waals surface area contributed by atoms with Crippen LogP contribution in [0.3, 0.4) is 0 Å². The van der Waals surface area contributed by atoms with Crippen LogP contribution in [0.5, 0.6) is 0 Å². The van der Waals surface area contributed by atoms with Crippen molar-refractivity contribution in [3.05, 3.63) is 17.4 Å². The second-order valence-corrected chi connectivity index (χ2v) is 7.56. The van der Waals surface area contributed by atoms with Gasteiger partial charge in [-0.2, -0.15) is 5.10 Å². The number of hydrogen-bond donors (Lipinski definition) is 1. The van der Waals surface area contributed by atoms with Crippen LogP contribution in [-0.4, -0.2) is 69.9 Å². The van der Waals surface area contributed by atoms with Crippen molar-refractivity contribution in [1.82, 2.24) is 19.6 Å². The molecule has 0 aromatic carbocycles. The predicted molar refractivity (Wildman–Crippen MR) is 92.8 cm³/mol. The summed E-state index contributed by atoms with van der Waals surface area (Å²) < 4.78 is 1.70. The summed E-state index contributed by atoms with van der Waals surface area (Å²) in [5, 5.41) is 14.3. The lowest BCUT2D eigenvalue weighted by atomic mass is 9.89. The zero-order valence-electron chi connectivity index (χ0n) is 14.1. The number of aliphatic hydroxyl groups is 1. The van der Waals surface area contributed by atoms with E-state index >= 15 is 0 Å². The van der Waals surface area contributed by atoms with Gasteiger partial charge in [0.1, 0.15) is 0 Å². The molecule has 2 saturated heterocycles. The standard InChI is InChI=1S/C17H27ClN4O2/c18-16-8-19-22(12-16)6-3-17(24)21-10-14(7-15(11-21)13-23)9-20-4-1-2-5-20/h8,12,14-15,23H,1-7,9-11,13H2/t14-,15-/m1/s1. The monoisotopic (exact) mass is 354 g/mol. The minimum Gasteiger partial charge on any atom is -0.396 e. The molecular formula is C17H27ClN4O2. The number of rotatable bonds is 6. The molecule has 1 aromatic heterocycles. The van der Waals surface area contributed by atoms with Crippen LogP contribution in [0, 0.1) is 11.8 Å². The number of aromatic nitrogens is 2. The molecule has 2 aliphatic heterocycles. The number of aryl methyl sites for hydroxylation is 1. The molecule has 3 heterocycles. The number of piperidine rings is 1. The molecule has 1 N–H and O–H groups in total. The summed E-state index contributed by atoms with van der Waals surface area (Å²) in [4.78, 5) is 17.0. The first-order valence-corrected chi connectivity index (χ1v) is 9.31. The average molecular weight is 355 g/mol. The summed E-state index contributed by atoms with van der Waals surface area (Å²) in [6.45, 7) is 5.59. The third kappa shape index (κ3) is 4.71. The second kappa shape index (κ2) is 8.32. The Kier molecular flexibility index (Phi) is 6.14. The fraction of sp³-hybridized carbons (Fsp3) is 0.765. The molecule has 7 heteroatoms. The minimum absolute atomic E-state index is 0.145. The summed E-state index contributed by atoms with van der Waals surface area (Å²) in [7, 11) is 0. The van der Waals surface area contributed by atoms with Crippen LogP contribution in [0.1, 0.15) is 25.7 Å². The lowest BCUT2D eigenvalue weighted by molar-refractivity contribution is -0.135. The van der Waals surface area contributed by atoms with Gasteiger partial charge in [-0.1, -0.05) is 11.6 Å². The van der Waals surface area contributed by atoms with Gasteiger partial charge in [0.05, 0.1) is 11.2 Å².